The highest BCUT2D eigenvalue weighted by Crippen LogP contribution is 2.26. The second-order valence-electron chi connectivity index (χ2n) is 6.63. The molecular formula is C21H18N4O3S. The van der Waals surface area contributed by atoms with E-state index in [4.69, 9.17) is 0 Å². The van der Waals surface area contributed by atoms with Crippen LogP contribution in [0.5, 0.6) is 0 Å². The molecule has 4 rings (SSSR count). The number of carbonyl (C=O) groups excluding carboxylic acids is 1. The highest BCUT2D eigenvalue weighted by Gasteiger charge is 2.28. The standard InChI is InChI=1S/C21H18N4O3S/c1-25(14-15-10-12-22-13-11-15)21(26)16-6-8-17(9-7-16)23-20-18-4-2-3-5-19(18)29(27,28)24-20/h2-13H,14H2,1H3,(H,23,24). The van der Waals surface area contributed by atoms with Gasteiger partial charge in [0.2, 0.25) is 0 Å². The molecule has 1 aromatic heterocycles. The molecule has 1 aliphatic heterocycles. The first-order chi connectivity index (χ1) is 13.9. The number of benzene rings is 2. The van der Waals surface area contributed by atoms with Gasteiger partial charge in [-0.3, -0.25) is 9.78 Å². The van der Waals surface area contributed by atoms with E-state index in [0.29, 0.717) is 23.4 Å². The van der Waals surface area contributed by atoms with Gasteiger partial charge in [-0.25, -0.2) is 0 Å². The zero-order valence-electron chi connectivity index (χ0n) is 15.6. The van der Waals surface area contributed by atoms with Crippen LogP contribution in [0, 0.1) is 0 Å². The Morgan fingerprint density at radius 1 is 1.00 bits per heavy atom. The zero-order chi connectivity index (χ0) is 20.4. The molecule has 146 valence electrons. The number of amides is 1. The molecule has 7 nitrogen and oxygen atoms in total. The van der Waals surface area contributed by atoms with Gasteiger partial charge in [0.25, 0.3) is 15.9 Å². The van der Waals surface area contributed by atoms with Crippen molar-refractivity contribution in [2.75, 3.05) is 12.4 Å². The van der Waals surface area contributed by atoms with Crippen molar-refractivity contribution in [1.29, 1.82) is 0 Å². The molecule has 0 saturated carbocycles. The number of nitrogens with zero attached hydrogens (tertiary/aromatic N) is 3. The summed E-state index contributed by atoms with van der Waals surface area (Å²) in [4.78, 5) is 18.4. The number of hydrogen-bond donors (Lipinski definition) is 1. The van der Waals surface area contributed by atoms with Crippen LogP contribution in [0.2, 0.25) is 0 Å². The van der Waals surface area contributed by atoms with Crippen LogP contribution in [0.15, 0.2) is 82.4 Å². The molecule has 1 aliphatic rings. The number of rotatable bonds is 4. The molecule has 0 saturated heterocycles. The van der Waals surface area contributed by atoms with E-state index in [2.05, 4.69) is 14.7 Å². The first-order valence-corrected chi connectivity index (χ1v) is 10.3. The third-order valence-electron chi connectivity index (χ3n) is 4.54. The van der Waals surface area contributed by atoms with E-state index in [1.54, 1.807) is 66.8 Å². The fourth-order valence-corrected chi connectivity index (χ4v) is 4.26. The van der Waals surface area contributed by atoms with Crippen molar-refractivity contribution in [3.63, 3.8) is 0 Å². The van der Waals surface area contributed by atoms with Gasteiger partial charge in [0.1, 0.15) is 4.90 Å². The Labute approximate surface area is 168 Å². The Morgan fingerprint density at radius 3 is 2.41 bits per heavy atom. The quantitative estimate of drug-likeness (QED) is 0.719. The summed E-state index contributed by atoms with van der Waals surface area (Å²) in [5.41, 5.74) is 2.70. The lowest BCUT2D eigenvalue weighted by Gasteiger charge is -2.17. The Hall–Kier alpha value is -3.52. The number of pyridine rings is 1. The van der Waals surface area contributed by atoms with E-state index >= 15 is 0 Å². The Balaban J connectivity index is 1.48. The molecule has 1 N–H and O–H groups in total. The molecule has 29 heavy (non-hydrogen) atoms. The van der Waals surface area contributed by atoms with Gasteiger partial charge < -0.3 is 10.2 Å². The van der Waals surface area contributed by atoms with Crippen LogP contribution in [-0.2, 0) is 16.6 Å². The predicted molar refractivity (Wildman–Crippen MR) is 110 cm³/mol. The Kier molecular flexibility index (Phi) is 4.85. The van der Waals surface area contributed by atoms with E-state index in [1.165, 1.54) is 6.07 Å². The lowest BCUT2D eigenvalue weighted by atomic mass is 10.1. The molecule has 0 atom stereocenters. The molecule has 8 heteroatoms. The zero-order valence-corrected chi connectivity index (χ0v) is 16.4. The molecule has 0 fully saturated rings. The van der Waals surface area contributed by atoms with E-state index < -0.39 is 10.0 Å². The summed E-state index contributed by atoms with van der Waals surface area (Å²) >= 11 is 0. The first kappa shape index (κ1) is 18.8. The number of fused-ring (bicyclic) bond motifs is 1. The Morgan fingerprint density at radius 2 is 1.69 bits per heavy atom. The van der Waals surface area contributed by atoms with Gasteiger partial charge in [0.05, 0.1) is 0 Å². The average Bonchev–Trinajstić information content (AvgIpc) is 2.99. The van der Waals surface area contributed by atoms with Gasteiger partial charge in [-0.1, -0.05) is 12.1 Å². The van der Waals surface area contributed by atoms with Crippen LogP contribution < -0.4 is 5.32 Å². The molecular weight excluding hydrogens is 388 g/mol. The molecule has 0 radical (unpaired) electrons. The fourth-order valence-electron chi connectivity index (χ4n) is 3.08. The van der Waals surface area contributed by atoms with Crippen LogP contribution in [-0.4, -0.2) is 37.1 Å². The minimum atomic E-state index is -3.68. The summed E-state index contributed by atoms with van der Waals surface area (Å²) in [6.45, 7) is 0.479. The number of hydrogen-bond acceptors (Lipinski definition) is 5. The van der Waals surface area contributed by atoms with E-state index in [-0.39, 0.29) is 16.6 Å². The van der Waals surface area contributed by atoms with Crippen molar-refractivity contribution < 1.29 is 13.2 Å². The SMILES string of the molecule is CN(Cc1ccncc1)C(=O)c1ccc(NC2=NS(=O)(=O)c3ccccc32)cc1. The molecule has 3 aromatic rings. The number of anilines is 1. The second kappa shape index (κ2) is 7.48. The van der Waals surface area contributed by atoms with Crippen molar-refractivity contribution >= 4 is 27.5 Å². The summed E-state index contributed by atoms with van der Waals surface area (Å²) in [5, 5.41) is 3.03. The van der Waals surface area contributed by atoms with Crippen molar-refractivity contribution in [3.8, 4) is 0 Å². The van der Waals surface area contributed by atoms with Gasteiger partial charge >= 0.3 is 0 Å². The topological polar surface area (TPSA) is 91.7 Å². The molecule has 0 aliphatic carbocycles. The van der Waals surface area contributed by atoms with Gasteiger partial charge in [-0.15, -0.1) is 4.40 Å². The lowest BCUT2D eigenvalue weighted by molar-refractivity contribution is 0.0785. The molecule has 1 amide bonds. The van der Waals surface area contributed by atoms with Crippen LogP contribution in [0.25, 0.3) is 0 Å². The number of sulfonamides is 1. The molecule has 0 unspecified atom stereocenters. The first-order valence-electron chi connectivity index (χ1n) is 8.90. The second-order valence-corrected chi connectivity index (χ2v) is 8.20. The number of nitrogens with one attached hydrogen (secondary N) is 1. The normalized spacial score (nSPS) is 14.0. The smallest absolute Gasteiger partial charge is 0.285 e. The van der Waals surface area contributed by atoms with E-state index in [0.717, 1.165) is 5.56 Å². The molecule has 0 bridgehead atoms. The van der Waals surface area contributed by atoms with Crippen LogP contribution >= 0.6 is 0 Å². The predicted octanol–water partition coefficient (Wildman–Crippen LogP) is 2.91. The average molecular weight is 406 g/mol. The third kappa shape index (κ3) is 3.88. The van der Waals surface area contributed by atoms with Crippen molar-refractivity contribution in [2.45, 2.75) is 11.4 Å². The minimum Gasteiger partial charge on any atom is -0.339 e. The number of carbonyl (C=O) groups is 1. The van der Waals surface area contributed by atoms with Gasteiger partial charge in [0.15, 0.2) is 5.84 Å². The fraction of sp³-hybridized carbons (Fsp3) is 0.0952. The summed E-state index contributed by atoms with van der Waals surface area (Å²) in [6, 6.07) is 17.2. The van der Waals surface area contributed by atoms with E-state index in [9.17, 15) is 13.2 Å². The van der Waals surface area contributed by atoms with Gasteiger partial charge in [-0.2, -0.15) is 8.42 Å². The van der Waals surface area contributed by atoms with Crippen molar-refractivity contribution in [1.82, 2.24) is 9.88 Å². The van der Waals surface area contributed by atoms with Gasteiger partial charge in [-0.05, 0) is 54.1 Å². The summed E-state index contributed by atoms with van der Waals surface area (Å²) in [6.07, 6.45) is 3.39. The summed E-state index contributed by atoms with van der Waals surface area (Å²) < 4.78 is 28.1. The maximum atomic E-state index is 12.6. The summed E-state index contributed by atoms with van der Waals surface area (Å²) in [7, 11) is -1.94. The van der Waals surface area contributed by atoms with Crippen LogP contribution in [0.3, 0.4) is 0 Å². The number of amidine groups is 1. The monoisotopic (exact) mass is 406 g/mol. The maximum Gasteiger partial charge on any atom is 0.285 e. The third-order valence-corrected chi connectivity index (χ3v) is 5.88. The molecule has 0 spiro atoms. The molecule has 2 aromatic carbocycles. The van der Waals surface area contributed by atoms with Gasteiger partial charge in [0, 0.05) is 42.8 Å². The molecule has 2 heterocycles. The van der Waals surface area contributed by atoms with Crippen molar-refractivity contribution in [3.05, 3.63) is 89.7 Å². The Bertz CT molecular complexity index is 1190. The van der Waals surface area contributed by atoms with Crippen LogP contribution in [0.1, 0.15) is 21.5 Å². The van der Waals surface area contributed by atoms with Crippen LogP contribution in [0.4, 0.5) is 5.69 Å². The van der Waals surface area contributed by atoms with Crippen molar-refractivity contribution in [2.24, 2.45) is 4.40 Å². The maximum absolute atomic E-state index is 12.6. The van der Waals surface area contributed by atoms with E-state index in [1.807, 2.05) is 12.1 Å². The minimum absolute atomic E-state index is 0.112. The lowest BCUT2D eigenvalue weighted by Crippen LogP contribution is -2.26. The summed E-state index contributed by atoms with van der Waals surface area (Å²) in [5.74, 6) is 0.161. The highest BCUT2D eigenvalue weighted by molar-refractivity contribution is 7.90. The highest BCUT2D eigenvalue weighted by atomic mass is 32.2. The number of aromatic nitrogens is 1. The largest absolute Gasteiger partial charge is 0.339 e.